The number of fused-ring (bicyclic) bond motifs is 3. The molecule has 2 aromatic carbocycles. The van der Waals surface area contributed by atoms with Crippen molar-refractivity contribution in [3.8, 4) is 0 Å². The minimum absolute atomic E-state index is 0.0169. The van der Waals surface area contributed by atoms with Crippen molar-refractivity contribution in [1.82, 2.24) is 8.61 Å². The molecule has 44 heavy (non-hydrogen) atoms. The lowest BCUT2D eigenvalue weighted by Crippen LogP contribution is -2.41. The van der Waals surface area contributed by atoms with Crippen LogP contribution in [0.4, 0.5) is 0 Å². The summed E-state index contributed by atoms with van der Waals surface area (Å²) in [5, 5.41) is 0. The number of hydrogen-bond acceptors (Lipinski definition) is 4. The Bertz CT molecular complexity index is 1450. The van der Waals surface area contributed by atoms with E-state index in [-0.39, 0.29) is 35.8 Å². The molecule has 1 aliphatic carbocycles. The Morgan fingerprint density at radius 1 is 0.614 bits per heavy atom. The highest BCUT2D eigenvalue weighted by Crippen LogP contribution is 2.57. The molecular formula is C36H50N2O4S2. The average Bonchev–Trinajstić information content (AvgIpc) is 3.57. The van der Waals surface area contributed by atoms with Crippen molar-refractivity contribution in [2.24, 2.45) is 23.7 Å². The molecule has 6 nitrogen and oxygen atoms in total. The van der Waals surface area contributed by atoms with Crippen LogP contribution < -0.4 is 0 Å². The smallest absolute Gasteiger partial charge is 0.207 e. The van der Waals surface area contributed by atoms with Crippen molar-refractivity contribution in [2.45, 2.75) is 101 Å². The van der Waals surface area contributed by atoms with Crippen molar-refractivity contribution in [3.63, 3.8) is 0 Å². The molecule has 3 aliphatic rings. The largest absolute Gasteiger partial charge is 0.243 e. The number of sulfonamides is 2. The molecule has 240 valence electrons. The molecule has 8 heteroatoms. The van der Waals surface area contributed by atoms with Gasteiger partial charge in [0.2, 0.25) is 20.0 Å². The summed E-state index contributed by atoms with van der Waals surface area (Å²) >= 11 is 0. The number of nitrogens with zero attached hydrogens (tertiary/aromatic N) is 2. The van der Waals surface area contributed by atoms with Crippen LogP contribution in [0.1, 0.15) is 76.3 Å². The summed E-state index contributed by atoms with van der Waals surface area (Å²) in [6.07, 6.45) is 7.56. The second-order valence-electron chi connectivity index (χ2n) is 13.3. The average molecular weight is 639 g/mol. The second kappa shape index (κ2) is 13.2. The van der Waals surface area contributed by atoms with Gasteiger partial charge in [-0.3, -0.25) is 0 Å². The summed E-state index contributed by atoms with van der Waals surface area (Å²) in [6.45, 7) is 18.1. The van der Waals surface area contributed by atoms with Crippen molar-refractivity contribution in [1.29, 1.82) is 0 Å². The first-order chi connectivity index (χ1) is 20.9. The fourth-order valence-electron chi connectivity index (χ4n) is 8.15. The van der Waals surface area contributed by atoms with Crippen molar-refractivity contribution >= 4 is 20.0 Å². The van der Waals surface area contributed by atoms with Gasteiger partial charge in [0.05, 0.1) is 9.79 Å². The Morgan fingerprint density at radius 3 is 1.27 bits per heavy atom. The lowest BCUT2D eigenvalue weighted by molar-refractivity contribution is 0.221. The van der Waals surface area contributed by atoms with Gasteiger partial charge >= 0.3 is 0 Å². The molecule has 5 rings (SSSR count). The van der Waals surface area contributed by atoms with Crippen LogP contribution in [0.25, 0.3) is 0 Å². The molecule has 1 saturated carbocycles. The molecule has 0 amide bonds. The van der Waals surface area contributed by atoms with Crippen LogP contribution in [0, 0.1) is 37.5 Å². The fourth-order valence-corrected chi connectivity index (χ4v) is 11.6. The van der Waals surface area contributed by atoms with Gasteiger partial charge in [-0.05, 0) is 73.9 Å². The quantitative estimate of drug-likeness (QED) is 0.226. The summed E-state index contributed by atoms with van der Waals surface area (Å²) in [7, 11) is -7.52. The van der Waals surface area contributed by atoms with Crippen molar-refractivity contribution in [2.75, 3.05) is 13.1 Å². The van der Waals surface area contributed by atoms with Crippen LogP contribution in [0.5, 0.6) is 0 Å². The van der Waals surface area contributed by atoms with Gasteiger partial charge in [-0.2, -0.15) is 8.61 Å². The molecule has 2 saturated heterocycles. The highest BCUT2D eigenvalue weighted by atomic mass is 32.2. The van der Waals surface area contributed by atoms with Crippen LogP contribution >= 0.6 is 0 Å². The number of rotatable bonds is 12. The lowest BCUT2D eigenvalue weighted by Gasteiger charge is -2.42. The topological polar surface area (TPSA) is 74.8 Å². The summed E-state index contributed by atoms with van der Waals surface area (Å²) in [5.41, 5.74) is 3.88. The van der Waals surface area contributed by atoms with E-state index in [0.717, 1.165) is 73.6 Å². The highest BCUT2D eigenvalue weighted by molar-refractivity contribution is 7.89. The van der Waals surface area contributed by atoms with Gasteiger partial charge < -0.3 is 0 Å². The first-order valence-corrected chi connectivity index (χ1v) is 19.4. The Labute approximate surface area is 266 Å². The molecule has 2 aliphatic heterocycles. The van der Waals surface area contributed by atoms with Crippen molar-refractivity contribution < 1.29 is 16.8 Å². The zero-order valence-corrected chi connectivity index (χ0v) is 28.5. The maximum atomic E-state index is 14.3. The Balaban J connectivity index is 1.56. The molecule has 2 aromatic rings. The SMILES string of the molecule is C=C1C(=C)[C@H]2[C@H](CN(S(=O)(=O)c3ccc(C)cc3)[C@H]2CCCCC)[C@H]2CN(S(=O)(=O)c3ccc(C)cc3)[C@@H](CCCCC)[C@H]12. The van der Waals surface area contributed by atoms with Gasteiger partial charge in [0.25, 0.3) is 0 Å². The maximum absolute atomic E-state index is 14.3. The highest BCUT2D eigenvalue weighted by Gasteiger charge is 2.60. The number of hydrogen-bond donors (Lipinski definition) is 0. The van der Waals surface area contributed by atoms with Gasteiger partial charge in [-0.15, -0.1) is 0 Å². The zero-order valence-electron chi connectivity index (χ0n) is 26.9. The third-order valence-corrected chi connectivity index (χ3v) is 14.3. The number of benzene rings is 2. The zero-order chi connectivity index (χ0) is 31.8. The van der Waals surface area contributed by atoms with Crippen LogP contribution in [-0.2, 0) is 20.0 Å². The van der Waals surface area contributed by atoms with Crippen LogP contribution in [-0.4, -0.2) is 50.6 Å². The predicted molar refractivity (Wildman–Crippen MR) is 178 cm³/mol. The normalized spacial score (nSPS) is 27.9. The minimum Gasteiger partial charge on any atom is -0.207 e. The standard InChI is InChI=1S/C36H50N2O4S2/c1-7-9-11-13-33-35-27(5)28(6)36-32(31(35)23-37(33)43(39,40)29-19-15-25(3)16-20-29)24-38(34(36)14-12-10-8-2)44(41,42)30-21-17-26(4)18-22-30/h15-22,31-36H,5-14,23-24H2,1-4H3/t31-,32-,33+,34+,35-,36+/m1/s1. The van der Waals surface area contributed by atoms with E-state index in [1.165, 1.54) is 0 Å². The first kappa shape index (κ1) is 33.1. The summed E-state index contributed by atoms with van der Waals surface area (Å²) in [5.74, 6) is -0.174. The Kier molecular flexibility index (Phi) is 9.96. The molecule has 6 atom stereocenters. The van der Waals surface area contributed by atoms with Crippen LogP contribution in [0.15, 0.2) is 82.6 Å². The van der Waals surface area contributed by atoms with Crippen molar-refractivity contribution in [3.05, 3.63) is 84.0 Å². The molecule has 3 fully saturated rings. The van der Waals surface area contributed by atoms with E-state index >= 15 is 0 Å². The third kappa shape index (κ3) is 6.00. The van der Waals surface area contributed by atoms with Crippen LogP contribution in [0.3, 0.4) is 0 Å². The molecule has 0 bridgehead atoms. The molecule has 0 spiro atoms. The van der Waals surface area contributed by atoms with Gasteiger partial charge in [-0.1, -0.05) is 101 Å². The van der Waals surface area contributed by atoms with Crippen LogP contribution in [0.2, 0.25) is 0 Å². The summed E-state index contributed by atoms with van der Waals surface area (Å²) in [6, 6.07) is 13.8. The first-order valence-electron chi connectivity index (χ1n) is 16.5. The van der Waals surface area contributed by atoms with E-state index in [0.29, 0.717) is 22.9 Å². The Morgan fingerprint density at radius 2 is 0.955 bits per heavy atom. The molecule has 0 aromatic heterocycles. The molecule has 2 heterocycles. The molecule has 0 N–H and O–H groups in total. The molecule has 0 radical (unpaired) electrons. The Hall–Kier alpha value is -2.26. The van der Waals surface area contributed by atoms with Gasteiger partial charge in [0.1, 0.15) is 0 Å². The van der Waals surface area contributed by atoms with E-state index < -0.39 is 20.0 Å². The van der Waals surface area contributed by atoms with E-state index in [2.05, 4.69) is 27.0 Å². The minimum atomic E-state index is -3.76. The molecule has 0 unspecified atom stereocenters. The van der Waals surface area contributed by atoms with E-state index in [1.54, 1.807) is 32.9 Å². The number of aryl methyl sites for hydroxylation is 2. The van der Waals surface area contributed by atoms with Gasteiger partial charge in [-0.25, -0.2) is 16.8 Å². The molecular weight excluding hydrogens is 589 g/mol. The van der Waals surface area contributed by atoms with E-state index in [1.807, 2.05) is 38.1 Å². The third-order valence-electron chi connectivity index (χ3n) is 10.5. The predicted octanol–water partition coefficient (Wildman–Crippen LogP) is 7.50. The second-order valence-corrected chi connectivity index (χ2v) is 17.1. The van der Waals surface area contributed by atoms with E-state index in [4.69, 9.17) is 0 Å². The lowest BCUT2D eigenvalue weighted by atomic mass is 9.61. The van der Waals surface area contributed by atoms with Gasteiger partial charge in [0.15, 0.2) is 0 Å². The summed E-state index contributed by atoms with van der Waals surface area (Å²) < 4.78 is 60.5. The van der Waals surface area contributed by atoms with E-state index in [9.17, 15) is 16.8 Å². The number of unbranched alkanes of at least 4 members (excludes halogenated alkanes) is 4. The maximum Gasteiger partial charge on any atom is 0.243 e. The summed E-state index contributed by atoms with van der Waals surface area (Å²) in [4.78, 5) is 0.631. The monoisotopic (exact) mass is 638 g/mol. The van der Waals surface area contributed by atoms with Gasteiger partial charge in [0, 0.05) is 37.0 Å². The fraction of sp³-hybridized carbons (Fsp3) is 0.556.